The fourth-order valence-electron chi connectivity index (χ4n) is 2.14. The van der Waals surface area contributed by atoms with Gasteiger partial charge in [0.15, 0.2) is 5.76 Å². The summed E-state index contributed by atoms with van der Waals surface area (Å²) in [6.45, 7) is 1.77. The second-order valence-electron chi connectivity index (χ2n) is 4.92. The lowest BCUT2D eigenvalue weighted by Gasteiger charge is -2.21. The van der Waals surface area contributed by atoms with E-state index in [0.29, 0.717) is 22.7 Å². The van der Waals surface area contributed by atoms with Crippen molar-refractivity contribution in [3.8, 4) is 11.5 Å². The van der Waals surface area contributed by atoms with E-state index in [0.717, 1.165) is 0 Å². The van der Waals surface area contributed by atoms with Crippen molar-refractivity contribution in [1.82, 2.24) is 9.88 Å². The van der Waals surface area contributed by atoms with E-state index in [9.17, 15) is 9.59 Å². The van der Waals surface area contributed by atoms with Crippen LogP contribution in [0.1, 0.15) is 16.1 Å². The first-order chi connectivity index (χ1) is 11.0. The highest BCUT2D eigenvalue weighted by atomic mass is 16.5. The minimum atomic E-state index is -1.08. The number of pyridine rings is 1. The zero-order valence-corrected chi connectivity index (χ0v) is 13.0. The van der Waals surface area contributed by atoms with E-state index in [4.69, 9.17) is 14.3 Å². The summed E-state index contributed by atoms with van der Waals surface area (Å²) < 4.78 is 10.2. The molecule has 0 saturated heterocycles. The molecule has 0 aliphatic heterocycles. The van der Waals surface area contributed by atoms with Gasteiger partial charge in [-0.15, -0.1) is 0 Å². The lowest BCUT2D eigenvalue weighted by atomic mass is 10.1. The fraction of sp³-hybridized carbons (Fsp3) is 0.312. The van der Waals surface area contributed by atoms with Crippen LogP contribution in [0.2, 0.25) is 0 Å². The Labute approximate surface area is 133 Å². The summed E-state index contributed by atoms with van der Waals surface area (Å²) in [7, 11) is 1.49. The van der Waals surface area contributed by atoms with Crippen LogP contribution in [-0.4, -0.2) is 53.7 Å². The van der Waals surface area contributed by atoms with Crippen molar-refractivity contribution < 1.29 is 23.8 Å². The molecule has 2 aromatic rings. The number of carboxylic acids is 1. The molecule has 0 spiro atoms. The number of aromatic nitrogens is 1. The Bertz CT molecular complexity index is 682. The molecule has 0 bridgehead atoms. The van der Waals surface area contributed by atoms with Crippen molar-refractivity contribution in [2.24, 2.45) is 0 Å². The van der Waals surface area contributed by atoms with Gasteiger partial charge >= 0.3 is 5.97 Å². The van der Waals surface area contributed by atoms with Crippen molar-refractivity contribution in [3.63, 3.8) is 0 Å². The van der Waals surface area contributed by atoms with Gasteiger partial charge in [0, 0.05) is 13.7 Å². The monoisotopic (exact) mass is 318 g/mol. The van der Waals surface area contributed by atoms with Crippen LogP contribution in [0.4, 0.5) is 0 Å². The Morgan fingerprint density at radius 1 is 1.35 bits per heavy atom. The number of aliphatic carboxylic acids is 1. The first-order valence-corrected chi connectivity index (χ1v) is 7.04. The molecule has 1 N–H and O–H groups in total. The van der Waals surface area contributed by atoms with Gasteiger partial charge in [0.05, 0.1) is 24.1 Å². The highest BCUT2D eigenvalue weighted by Gasteiger charge is 2.21. The number of furan rings is 1. The number of hydrogen-bond donors (Lipinski definition) is 1. The third kappa shape index (κ3) is 4.17. The summed E-state index contributed by atoms with van der Waals surface area (Å²) in [5.41, 5.74) is 1.49. The van der Waals surface area contributed by atoms with Gasteiger partial charge in [0.2, 0.25) is 0 Å². The lowest BCUT2D eigenvalue weighted by molar-refractivity contribution is -0.137. The van der Waals surface area contributed by atoms with E-state index in [2.05, 4.69) is 4.98 Å². The molecule has 2 aromatic heterocycles. The number of ether oxygens (including phenoxy) is 1. The molecule has 0 aliphatic carbocycles. The van der Waals surface area contributed by atoms with Crippen molar-refractivity contribution in [2.45, 2.75) is 6.92 Å². The topological polar surface area (TPSA) is 92.9 Å². The maximum absolute atomic E-state index is 12.5. The number of amides is 1. The van der Waals surface area contributed by atoms with Gasteiger partial charge in [0.25, 0.3) is 5.91 Å². The first-order valence-electron chi connectivity index (χ1n) is 7.04. The minimum absolute atomic E-state index is 0.195. The number of carboxylic acid groups (broad SMARTS) is 1. The Morgan fingerprint density at radius 3 is 2.70 bits per heavy atom. The predicted octanol–water partition coefficient (Wildman–Crippen LogP) is 1.82. The van der Waals surface area contributed by atoms with Gasteiger partial charge in [-0.1, -0.05) is 0 Å². The standard InChI is InChI=1S/C16H18N2O5/c1-11-12(5-6-13(17-11)14-4-3-8-23-14)16(21)18(7-9-22-2)10-15(19)20/h3-6,8H,7,9-10H2,1-2H3,(H,19,20). The van der Waals surface area contributed by atoms with Gasteiger partial charge in [0.1, 0.15) is 12.2 Å². The average molecular weight is 318 g/mol. The van der Waals surface area contributed by atoms with Crippen LogP contribution in [0.5, 0.6) is 0 Å². The van der Waals surface area contributed by atoms with E-state index in [1.807, 2.05) is 0 Å². The molecule has 2 rings (SSSR count). The second-order valence-corrected chi connectivity index (χ2v) is 4.92. The molecule has 0 fully saturated rings. The minimum Gasteiger partial charge on any atom is -0.480 e. The highest BCUT2D eigenvalue weighted by Crippen LogP contribution is 2.20. The molecule has 1 amide bonds. The van der Waals surface area contributed by atoms with Crippen LogP contribution in [0, 0.1) is 6.92 Å². The largest absolute Gasteiger partial charge is 0.480 e. The third-order valence-electron chi connectivity index (χ3n) is 3.27. The van der Waals surface area contributed by atoms with Crippen molar-refractivity contribution >= 4 is 11.9 Å². The number of nitrogens with zero attached hydrogens (tertiary/aromatic N) is 2. The predicted molar refractivity (Wildman–Crippen MR) is 82.1 cm³/mol. The van der Waals surface area contributed by atoms with E-state index in [1.165, 1.54) is 12.0 Å². The molecule has 0 atom stereocenters. The third-order valence-corrected chi connectivity index (χ3v) is 3.27. The smallest absolute Gasteiger partial charge is 0.323 e. The summed E-state index contributed by atoms with van der Waals surface area (Å²) in [4.78, 5) is 29.1. The molecule has 0 saturated carbocycles. The number of carbonyl (C=O) groups excluding carboxylic acids is 1. The summed E-state index contributed by atoms with van der Waals surface area (Å²) in [5, 5.41) is 8.95. The van der Waals surface area contributed by atoms with Crippen molar-refractivity contribution in [1.29, 1.82) is 0 Å². The normalized spacial score (nSPS) is 10.5. The van der Waals surface area contributed by atoms with Crippen molar-refractivity contribution in [3.05, 3.63) is 41.8 Å². The van der Waals surface area contributed by atoms with Gasteiger partial charge in [-0.05, 0) is 31.2 Å². The molecular formula is C16H18N2O5. The van der Waals surface area contributed by atoms with Gasteiger partial charge in [-0.25, -0.2) is 4.98 Å². The molecule has 23 heavy (non-hydrogen) atoms. The van der Waals surface area contributed by atoms with Gasteiger partial charge in [-0.2, -0.15) is 0 Å². The number of methoxy groups -OCH3 is 1. The summed E-state index contributed by atoms with van der Waals surface area (Å²) in [6.07, 6.45) is 1.55. The fourth-order valence-corrected chi connectivity index (χ4v) is 2.14. The lowest BCUT2D eigenvalue weighted by Crippen LogP contribution is -2.38. The Balaban J connectivity index is 2.24. The number of rotatable bonds is 7. The molecule has 0 unspecified atom stereocenters. The highest BCUT2D eigenvalue weighted by molar-refractivity contribution is 5.97. The van der Waals surface area contributed by atoms with Gasteiger partial charge < -0.3 is 19.2 Å². The number of hydrogen-bond acceptors (Lipinski definition) is 5. The second kappa shape index (κ2) is 7.55. The van der Waals surface area contributed by atoms with Crippen molar-refractivity contribution in [2.75, 3.05) is 26.8 Å². The molecule has 2 heterocycles. The summed E-state index contributed by atoms with van der Waals surface area (Å²) in [5.74, 6) is -0.860. The zero-order valence-electron chi connectivity index (χ0n) is 13.0. The van der Waals surface area contributed by atoms with E-state index in [-0.39, 0.29) is 25.6 Å². The Morgan fingerprint density at radius 2 is 2.13 bits per heavy atom. The SMILES string of the molecule is COCCN(CC(=O)O)C(=O)c1ccc(-c2ccco2)nc1C. The molecule has 7 heteroatoms. The van der Waals surface area contributed by atoms with Crippen LogP contribution in [0.25, 0.3) is 11.5 Å². The maximum atomic E-state index is 12.5. The Kier molecular flexibility index (Phi) is 5.48. The van der Waals surface area contributed by atoms with E-state index >= 15 is 0 Å². The first kappa shape index (κ1) is 16.7. The van der Waals surface area contributed by atoms with Crippen LogP contribution in [-0.2, 0) is 9.53 Å². The molecule has 0 radical (unpaired) electrons. The average Bonchev–Trinajstić information content (AvgIpc) is 3.04. The molecule has 7 nitrogen and oxygen atoms in total. The summed E-state index contributed by atoms with van der Waals surface area (Å²) >= 11 is 0. The van der Waals surface area contributed by atoms with Crippen LogP contribution in [0.15, 0.2) is 34.9 Å². The molecule has 122 valence electrons. The molecule has 0 aromatic carbocycles. The zero-order chi connectivity index (χ0) is 16.8. The van der Waals surface area contributed by atoms with E-state index in [1.54, 1.807) is 37.5 Å². The molecule has 0 aliphatic rings. The van der Waals surface area contributed by atoms with Crippen LogP contribution >= 0.6 is 0 Å². The van der Waals surface area contributed by atoms with Crippen LogP contribution < -0.4 is 0 Å². The maximum Gasteiger partial charge on any atom is 0.323 e. The molecular weight excluding hydrogens is 300 g/mol. The quantitative estimate of drug-likeness (QED) is 0.837. The summed E-state index contributed by atoms with van der Waals surface area (Å²) in [6, 6.07) is 6.84. The number of aryl methyl sites for hydroxylation is 1. The van der Waals surface area contributed by atoms with Gasteiger partial charge in [-0.3, -0.25) is 9.59 Å². The number of carbonyl (C=O) groups is 2. The van der Waals surface area contributed by atoms with E-state index < -0.39 is 5.97 Å². The van der Waals surface area contributed by atoms with Crippen LogP contribution in [0.3, 0.4) is 0 Å². The Hall–Kier alpha value is -2.67.